The molecule has 0 saturated heterocycles. The van der Waals surface area contributed by atoms with Crippen LogP contribution in [0.5, 0.6) is 17.4 Å². The first kappa shape index (κ1) is 14.2. The molecular formula is C15H12ClN3O3. The Morgan fingerprint density at radius 3 is 2.64 bits per heavy atom. The third-order valence-electron chi connectivity index (χ3n) is 3.17. The van der Waals surface area contributed by atoms with Crippen molar-refractivity contribution in [1.82, 2.24) is 9.78 Å². The van der Waals surface area contributed by atoms with Gasteiger partial charge in [-0.05, 0) is 18.2 Å². The standard InChI is InChI=1S/C15H12ClN3O3/c1-19-15(21)10-5-3-2-4-9(10)14(18-19)22-13-11(16)6-8(17)7-12(13)20/h2-7,20H,17H2,1H3. The van der Waals surface area contributed by atoms with Crippen LogP contribution in [0.25, 0.3) is 10.8 Å². The number of aromatic nitrogens is 2. The number of nitrogens with zero attached hydrogens (tertiary/aromatic N) is 2. The first-order valence-corrected chi connectivity index (χ1v) is 6.77. The van der Waals surface area contributed by atoms with E-state index in [1.54, 1.807) is 24.3 Å². The summed E-state index contributed by atoms with van der Waals surface area (Å²) in [5.74, 6) is -0.00317. The van der Waals surface area contributed by atoms with Gasteiger partial charge in [0.05, 0.1) is 15.8 Å². The van der Waals surface area contributed by atoms with E-state index >= 15 is 0 Å². The summed E-state index contributed by atoms with van der Waals surface area (Å²) in [4.78, 5) is 12.1. The molecule has 1 aromatic heterocycles. The Labute approximate surface area is 130 Å². The lowest BCUT2D eigenvalue weighted by Crippen LogP contribution is -2.20. The van der Waals surface area contributed by atoms with Crippen molar-refractivity contribution in [2.75, 3.05) is 5.73 Å². The van der Waals surface area contributed by atoms with Gasteiger partial charge in [0.1, 0.15) is 0 Å². The van der Waals surface area contributed by atoms with Crippen LogP contribution in [0, 0.1) is 0 Å². The SMILES string of the molecule is Cn1nc(Oc2c(O)cc(N)cc2Cl)c2ccccc2c1=O. The summed E-state index contributed by atoms with van der Waals surface area (Å²) in [6.45, 7) is 0. The van der Waals surface area contributed by atoms with Gasteiger partial charge in [-0.2, -0.15) is 0 Å². The average molecular weight is 318 g/mol. The third-order valence-corrected chi connectivity index (χ3v) is 3.45. The molecule has 6 nitrogen and oxygen atoms in total. The van der Waals surface area contributed by atoms with E-state index in [1.165, 1.54) is 23.9 Å². The maximum atomic E-state index is 12.1. The topological polar surface area (TPSA) is 90.4 Å². The number of fused-ring (bicyclic) bond motifs is 1. The minimum Gasteiger partial charge on any atom is -0.504 e. The van der Waals surface area contributed by atoms with E-state index in [2.05, 4.69) is 5.10 Å². The minimum absolute atomic E-state index is 0.0344. The molecule has 0 bridgehead atoms. The van der Waals surface area contributed by atoms with Gasteiger partial charge in [0.2, 0.25) is 5.88 Å². The number of hydrogen-bond acceptors (Lipinski definition) is 5. The lowest BCUT2D eigenvalue weighted by atomic mass is 10.2. The number of nitrogens with two attached hydrogens (primary N) is 1. The molecule has 0 aliphatic carbocycles. The highest BCUT2D eigenvalue weighted by Crippen LogP contribution is 2.40. The Balaban J connectivity index is 2.21. The molecule has 0 atom stereocenters. The summed E-state index contributed by atoms with van der Waals surface area (Å²) >= 11 is 6.05. The molecule has 3 aromatic rings. The largest absolute Gasteiger partial charge is 0.504 e. The van der Waals surface area contributed by atoms with Gasteiger partial charge >= 0.3 is 0 Å². The summed E-state index contributed by atoms with van der Waals surface area (Å²) in [7, 11) is 1.52. The Hall–Kier alpha value is -2.73. The van der Waals surface area contributed by atoms with Crippen molar-refractivity contribution in [1.29, 1.82) is 0 Å². The van der Waals surface area contributed by atoms with Crippen LogP contribution in [-0.4, -0.2) is 14.9 Å². The van der Waals surface area contributed by atoms with E-state index in [4.69, 9.17) is 22.1 Å². The summed E-state index contributed by atoms with van der Waals surface area (Å²) in [5.41, 5.74) is 5.67. The van der Waals surface area contributed by atoms with Gasteiger partial charge in [-0.15, -0.1) is 5.10 Å². The van der Waals surface area contributed by atoms with Crippen molar-refractivity contribution in [2.45, 2.75) is 0 Å². The Bertz CT molecular complexity index is 914. The van der Waals surface area contributed by atoms with Gasteiger partial charge in [-0.1, -0.05) is 23.7 Å². The van der Waals surface area contributed by atoms with Crippen molar-refractivity contribution in [3.05, 3.63) is 51.8 Å². The van der Waals surface area contributed by atoms with Crippen LogP contribution >= 0.6 is 11.6 Å². The first-order valence-electron chi connectivity index (χ1n) is 6.39. The number of benzene rings is 2. The highest BCUT2D eigenvalue weighted by Gasteiger charge is 2.15. The van der Waals surface area contributed by atoms with Crippen molar-refractivity contribution in [3.8, 4) is 17.4 Å². The van der Waals surface area contributed by atoms with E-state index < -0.39 is 0 Å². The average Bonchev–Trinajstić information content (AvgIpc) is 2.47. The number of hydrogen-bond donors (Lipinski definition) is 2. The number of phenols is 1. The number of halogens is 1. The maximum Gasteiger partial charge on any atom is 0.274 e. The van der Waals surface area contributed by atoms with E-state index in [0.717, 1.165) is 0 Å². The summed E-state index contributed by atoms with van der Waals surface area (Å²) in [6.07, 6.45) is 0. The number of anilines is 1. The monoisotopic (exact) mass is 317 g/mol. The molecule has 22 heavy (non-hydrogen) atoms. The van der Waals surface area contributed by atoms with Crippen molar-refractivity contribution < 1.29 is 9.84 Å². The van der Waals surface area contributed by atoms with Crippen LogP contribution in [0.4, 0.5) is 5.69 Å². The Morgan fingerprint density at radius 2 is 1.95 bits per heavy atom. The van der Waals surface area contributed by atoms with Crippen LogP contribution in [-0.2, 0) is 7.05 Å². The van der Waals surface area contributed by atoms with Crippen molar-refractivity contribution in [3.63, 3.8) is 0 Å². The highest BCUT2D eigenvalue weighted by molar-refractivity contribution is 6.32. The Morgan fingerprint density at radius 1 is 1.27 bits per heavy atom. The minimum atomic E-state index is -0.240. The summed E-state index contributed by atoms with van der Waals surface area (Å²) < 4.78 is 6.80. The van der Waals surface area contributed by atoms with Crippen molar-refractivity contribution >= 4 is 28.1 Å². The van der Waals surface area contributed by atoms with Crippen LogP contribution in [0.2, 0.25) is 5.02 Å². The fourth-order valence-corrected chi connectivity index (χ4v) is 2.40. The molecule has 0 fully saturated rings. The van der Waals surface area contributed by atoms with Crippen LogP contribution in [0.3, 0.4) is 0 Å². The zero-order valence-electron chi connectivity index (χ0n) is 11.6. The molecule has 0 spiro atoms. The number of ether oxygens (including phenoxy) is 1. The maximum absolute atomic E-state index is 12.1. The van der Waals surface area contributed by atoms with E-state index in [0.29, 0.717) is 16.5 Å². The van der Waals surface area contributed by atoms with Gasteiger partial charge < -0.3 is 15.6 Å². The molecule has 1 heterocycles. The molecule has 0 radical (unpaired) electrons. The second kappa shape index (κ2) is 5.23. The quantitative estimate of drug-likeness (QED) is 0.709. The van der Waals surface area contributed by atoms with E-state index in [9.17, 15) is 9.90 Å². The lowest BCUT2D eigenvalue weighted by Gasteiger charge is -2.12. The fraction of sp³-hybridized carbons (Fsp3) is 0.0667. The van der Waals surface area contributed by atoms with Crippen LogP contribution in [0.15, 0.2) is 41.2 Å². The highest BCUT2D eigenvalue weighted by atomic mass is 35.5. The molecule has 3 rings (SSSR count). The predicted molar refractivity (Wildman–Crippen MR) is 84.6 cm³/mol. The molecule has 3 N–H and O–H groups in total. The third kappa shape index (κ3) is 2.33. The molecule has 0 aliphatic heterocycles. The molecule has 0 unspecified atom stereocenters. The van der Waals surface area contributed by atoms with Crippen LogP contribution < -0.4 is 16.0 Å². The first-order chi connectivity index (χ1) is 10.5. The number of aryl methyl sites for hydroxylation is 1. The molecule has 112 valence electrons. The summed E-state index contributed by atoms with van der Waals surface area (Å²) in [5, 5.41) is 15.2. The normalized spacial score (nSPS) is 10.8. The van der Waals surface area contributed by atoms with Gasteiger partial charge in [-0.3, -0.25) is 4.79 Å². The van der Waals surface area contributed by atoms with Gasteiger partial charge in [0.15, 0.2) is 11.5 Å². The number of aromatic hydroxyl groups is 1. The van der Waals surface area contributed by atoms with Crippen molar-refractivity contribution in [2.24, 2.45) is 7.05 Å². The molecule has 0 saturated carbocycles. The summed E-state index contributed by atoms with van der Waals surface area (Å²) in [6, 6.07) is 9.69. The fourth-order valence-electron chi connectivity index (χ4n) is 2.14. The van der Waals surface area contributed by atoms with E-state index in [1.807, 2.05) is 0 Å². The van der Waals surface area contributed by atoms with E-state index in [-0.39, 0.29) is 28.0 Å². The number of rotatable bonds is 2. The second-order valence-corrected chi connectivity index (χ2v) is 5.14. The van der Waals surface area contributed by atoms with Gasteiger partial charge in [-0.25, -0.2) is 4.68 Å². The molecule has 0 aliphatic rings. The smallest absolute Gasteiger partial charge is 0.274 e. The van der Waals surface area contributed by atoms with Crippen LogP contribution in [0.1, 0.15) is 0 Å². The Kier molecular flexibility index (Phi) is 3.38. The number of phenolic OH excluding ortho intramolecular Hbond substituents is 1. The zero-order valence-corrected chi connectivity index (χ0v) is 12.3. The second-order valence-electron chi connectivity index (χ2n) is 4.73. The lowest BCUT2D eigenvalue weighted by molar-refractivity contribution is 0.397. The predicted octanol–water partition coefficient (Wildman–Crippen LogP) is 2.67. The van der Waals surface area contributed by atoms with Gasteiger partial charge in [0, 0.05) is 18.8 Å². The zero-order chi connectivity index (χ0) is 15.9. The molecule has 0 amide bonds. The molecular weight excluding hydrogens is 306 g/mol. The molecule has 2 aromatic carbocycles. The number of nitrogen functional groups attached to an aromatic ring is 1. The van der Waals surface area contributed by atoms with Gasteiger partial charge in [0.25, 0.3) is 5.56 Å². The molecule has 7 heteroatoms.